The number of hydrogen-bond acceptors (Lipinski definition) is 11. The first-order chi connectivity index (χ1) is 18.1. The Morgan fingerprint density at radius 3 is 2.47 bits per heavy atom. The number of fused-ring (bicyclic) bond motifs is 5. The fourth-order valence-electron chi connectivity index (χ4n) is 4.94. The molecule has 6 unspecified atom stereocenters. The normalized spacial score (nSPS) is 28.7. The molecule has 0 radical (unpaired) electrons. The number of nitrogens with zero attached hydrogens (tertiary/aromatic N) is 1. The van der Waals surface area contributed by atoms with Crippen molar-refractivity contribution in [3.63, 3.8) is 0 Å². The Labute approximate surface area is 215 Å². The number of ketones is 2. The molecule has 1 fully saturated rings. The average Bonchev–Trinajstić information content (AvgIpc) is 2.92. The Bertz CT molecular complexity index is 1320. The highest BCUT2D eigenvalue weighted by Crippen LogP contribution is 2.46. The second kappa shape index (κ2) is 9.94. The van der Waals surface area contributed by atoms with E-state index in [1.807, 2.05) is 0 Å². The lowest BCUT2D eigenvalue weighted by atomic mass is 9.81. The lowest BCUT2D eigenvalue weighted by Gasteiger charge is -2.40. The number of phenolic OH excluding ortho intramolecular Hbond substituents is 1. The van der Waals surface area contributed by atoms with Gasteiger partial charge in [-0.15, -0.1) is 0 Å². The number of hydrogen-bond donors (Lipinski definition) is 7. The number of aliphatic hydroxyl groups excluding tert-OH is 4. The third-order valence-corrected chi connectivity index (χ3v) is 6.89. The minimum absolute atomic E-state index is 0.0114. The molecule has 1 saturated heterocycles. The fraction of sp³-hybridized carbons (Fsp3) is 0.400. The van der Waals surface area contributed by atoms with E-state index in [2.05, 4.69) is 4.99 Å². The number of rotatable bonds is 2. The van der Waals surface area contributed by atoms with Crippen LogP contribution >= 0.6 is 0 Å². The smallest absolute Gasteiger partial charge is 0.229 e. The van der Waals surface area contributed by atoms with Gasteiger partial charge in [-0.25, -0.2) is 4.99 Å². The second-order valence-electron chi connectivity index (χ2n) is 9.33. The van der Waals surface area contributed by atoms with Crippen LogP contribution in [0, 0.1) is 0 Å². The van der Waals surface area contributed by atoms with E-state index in [4.69, 9.17) is 25.7 Å². The van der Waals surface area contributed by atoms with Crippen molar-refractivity contribution in [1.82, 2.24) is 0 Å². The molecule has 2 aliphatic heterocycles. The van der Waals surface area contributed by atoms with Crippen molar-refractivity contribution in [2.45, 2.75) is 49.8 Å². The summed E-state index contributed by atoms with van der Waals surface area (Å²) in [5, 5.41) is 52.1. The Hall–Kier alpha value is -3.59. The first kappa shape index (κ1) is 26.0. The summed E-state index contributed by atoms with van der Waals surface area (Å²) < 4.78 is 17.1. The van der Waals surface area contributed by atoms with Gasteiger partial charge in [0.2, 0.25) is 6.29 Å². The zero-order chi connectivity index (χ0) is 27.3. The van der Waals surface area contributed by atoms with Crippen LogP contribution in [-0.2, 0) is 16.1 Å². The largest absolute Gasteiger partial charge is 0.504 e. The summed E-state index contributed by atoms with van der Waals surface area (Å²) in [6, 6.07) is 4.72. The second-order valence-corrected chi connectivity index (χ2v) is 9.33. The van der Waals surface area contributed by atoms with Crippen molar-refractivity contribution in [3.8, 4) is 11.5 Å². The van der Waals surface area contributed by atoms with Crippen molar-refractivity contribution in [3.05, 3.63) is 57.6 Å². The maximum absolute atomic E-state index is 13.5. The maximum Gasteiger partial charge on any atom is 0.229 e. The number of guanidine groups is 1. The summed E-state index contributed by atoms with van der Waals surface area (Å²) in [4.78, 5) is 31.1. The third kappa shape index (κ3) is 4.28. The molecule has 2 aromatic rings. The minimum Gasteiger partial charge on any atom is -0.504 e. The van der Waals surface area contributed by atoms with E-state index in [1.165, 1.54) is 24.3 Å². The lowest BCUT2D eigenvalue weighted by molar-refractivity contribution is -0.279. The molecule has 2 bridgehead atoms. The number of benzene rings is 2. The van der Waals surface area contributed by atoms with Crippen molar-refractivity contribution >= 4 is 17.5 Å². The number of nitrogens with two attached hydrogens (primary N) is 2. The highest BCUT2D eigenvalue weighted by atomic mass is 16.7. The standard InChI is InChI=1S/C25H27N3O10/c26-25(27)28-14-3-4-36-8-15-19(32)21(34)22(35)24(37-15)38-23-12(14)6-13-16(20(23)33)18(31)11-5-9(7-29)1-2-10(11)17(13)30/h1-2,5-6,14-15,19,21-22,24,29,32-35H,3-4,7-8H2,(H4,26,27,28). The van der Waals surface area contributed by atoms with E-state index in [0.717, 1.165) is 0 Å². The number of phenols is 1. The molecule has 13 nitrogen and oxygen atoms in total. The third-order valence-electron chi connectivity index (χ3n) is 6.89. The molecule has 0 amide bonds. The van der Waals surface area contributed by atoms with Gasteiger partial charge < -0.3 is 51.2 Å². The van der Waals surface area contributed by atoms with Gasteiger partial charge in [0, 0.05) is 28.9 Å². The van der Waals surface area contributed by atoms with Gasteiger partial charge in [0.05, 0.1) is 24.8 Å². The summed E-state index contributed by atoms with van der Waals surface area (Å²) in [5.41, 5.74) is 11.4. The Morgan fingerprint density at radius 2 is 1.76 bits per heavy atom. The number of ether oxygens (including phenoxy) is 3. The van der Waals surface area contributed by atoms with Gasteiger partial charge in [-0.05, 0) is 30.2 Å². The van der Waals surface area contributed by atoms with Gasteiger partial charge in [0.1, 0.15) is 24.4 Å². The topological polar surface area (TPSA) is 227 Å². The molecule has 202 valence electrons. The molecule has 38 heavy (non-hydrogen) atoms. The monoisotopic (exact) mass is 529 g/mol. The van der Waals surface area contributed by atoms with E-state index < -0.39 is 54.1 Å². The average molecular weight is 530 g/mol. The SMILES string of the molecule is NC(N)=NC1CCOCC2OC(Oc3c1cc1c(c3O)C(=O)c3cc(CO)ccc3C1=O)C(O)C(O)C2O. The number of carbonyl (C=O) groups excluding carboxylic acids is 2. The van der Waals surface area contributed by atoms with Crippen LogP contribution in [-0.4, -0.2) is 87.0 Å². The molecule has 9 N–H and O–H groups in total. The van der Waals surface area contributed by atoms with E-state index in [-0.39, 0.29) is 65.8 Å². The lowest BCUT2D eigenvalue weighted by Crippen LogP contribution is -2.60. The molecular weight excluding hydrogens is 502 g/mol. The van der Waals surface area contributed by atoms with E-state index in [0.29, 0.717) is 5.56 Å². The molecule has 1 aliphatic carbocycles. The first-order valence-electron chi connectivity index (χ1n) is 11.9. The molecule has 0 spiro atoms. The molecule has 2 heterocycles. The number of aromatic hydroxyl groups is 1. The van der Waals surface area contributed by atoms with Crippen LogP contribution in [0.1, 0.15) is 55.4 Å². The van der Waals surface area contributed by atoms with Gasteiger partial charge in [0.25, 0.3) is 0 Å². The summed E-state index contributed by atoms with van der Waals surface area (Å²) in [7, 11) is 0. The Kier molecular flexibility index (Phi) is 6.81. The summed E-state index contributed by atoms with van der Waals surface area (Å²) in [6.45, 7) is -0.499. The van der Waals surface area contributed by atoms with Gasteiger partial charge in [0.15, 0.2) is 29.0 Å². The van der Waals surface area contributed by atoms with Gasteiger partial charge in [-0.3, -0.25) is 9.59 Å². The summed E-state index contributed by atoms with van der Waals surface area (Å²) in [6.07, 6.45) is -7.49. The fourth-order valence-corrected chi connectivity index (χ4v) is 4.94. The number of aliphatic hydroxyl groups is 4. The minimum atomic E-state index is -1.75. The van der Waals surface area contributed by atoms with E-state index in [9.17, 15) is 35.1 Å². The molecule has 13 heteroatoms. The van der Waals surface area contributed by atoms with E-state index in [1.54, 1.807) is 0 Å². The number of carbonyl (C=O) groups is 2. The van der Waals surface area contributed by atoms with Crippen molar-refractivity contribution in [2.24, 2.45) is 16.5 Å². The zero-order valence-corrected chi connectivity index (χ0v) is 20.0. The van der Waals surface area contributed by atoms with Crippen LogP contribution < -0.4 is 16.2 Å². The quantitative estimate of drug-likeness (QED) is 0.150. The van der Waals surface area contributed by atoms with Gasteiger partial charge >= 0.3 is 0 Å². The predicted octanol–water partition coefficient (Wildman–Crippen LogP) is -1.42. The molecule has 5 rings (SSSR count). The van der Waals surface area contributed by atoms with Gasteiger partial charge in [-0.2, -0.15) is 0 Å². The molecule has 2 aromatic carbocycles. The first-order valence-corrected chi connectivity index (χ1v) is 11.9. The number of aliphatic imine (C=N–C) groups is 1. The molecular formula is C25H27N3O10. The van der Waals surface area contributed by atoms with Crippen molar-refractivity contribution in [1.29, 1.82) is 0 Å². The summed E-state index contributed by atoms with van der Waals surface area (Å²) >= 11 is 0. The van der Waals surface area contributed by atoms with Crippen LogP contribution in [0.25, 0.3) is 0 Å². The maximum atomic E-state index is 13.5. The molecule has 0 saturated carbocycles. The van der Waals surface area contributed by atoms with Crippen LogP contribution in [0.5, 0.6) is 11.5 Å². The zero-order valence-electron chi connectivity index (χ0n) is 20.0. The molecule has 3 aliphatic rings. The Morgan fingerprint density at radius 1 is 1.00 bits per heavy atom. The van der Waals surface area contributed by atoms with Crippen LogP contribution in [0.4, 0.5) is 0 Å². The Balaban J connectivity index is 1.71. The molecule has 0 aromatic heterocycles. The van der Waals surface area contributed by atoms with Crippen LogP contribution in [0.15, 0.2) is 29.3 Å². The highest BCUT2D eigenvalue weighted by Gasteiger charge is 2.46. The predicted molar refractivity (Wildman–Crippen MR) is 129 cm³/mol. The summed E-state index contributed by atoms with van der Waals surface area (Å²) in [5.74, 6) is -2.63. The van der Waals surface area contributed by atoms with E-state index >= 15 is 0 Å². The van der Waals surface area contributed by atoms with Crippen LogP contribution in [0.2, 0.25) is 0 Å². The highest BCUT2D eigenvalue weighted by molar-refractivity contribution is 6.29. The van der Waals surface area contributed by atoms with Gasteiger partial charge in [-0.1, -0.05) is 6.07 Å². The molecule has 6 atom stereocenters. The van der Waals surface area contributed by atoms with Crippen molar-refractivity contribution < 1.29 is 49.3 Å². The van der Waals surface area contributed by atoms with Crippen LogP contribution in [0.3, 0.4) is 0 Å². The van der Waals surface area contributed by atoms with Crippen molar-refractivity contribution in [2.75, 3.05) is 13.2 Å².